The molecule has 5 aromatic carbocycles. The summed E-state index contributed by atoms with van der Waals surface area (Å²) in [7, 11) is 7.79. The van der Waals surface area contributed by atoms with Gasteiger partial charge in [-0.15, -0.1) is 0 Å². The van der Waals surface area contributed by atoms with Gasteiger partial charge < -0.3 is 46.3 Å². The minimum Gasteiger partial charge on any atom is -0.496 e. The van der Waals surface area contributed by atoms with Crippen molar-refractivity contribution in [1.29, 1.82) is 0 Å². The van der Waals surface area contributed by atoms with Crippen LogP contribution in [0, 0.1) is 25.5 Å². The quantitative estimate of drug-likeness (QED) is 0.0686. The molecule has 111 heavy (non-hydrogen) atoms. The van der Waals surface area contributed by atoms with Crippen LogP contribution in [0.25, 0.3) is 56.9 Å². The van der Waals surface area contributed by atoms with E-state index in [9.17, 15) is 32.8 Å². The van der Waals surface area contributed by atoms with Crippen molar-refractivity contribution in [2.24, 2.45) is 0 Å². The molecule has 566 valence electrons. The zero-order valence-electron chi connectivity index (χ0n) is 59.4. The minimum atomic E-state index is -1.51. The Bertz CT molecular complexity index is 5870. The van der Waals surface area contributed by atoms with Gasteiger partial charge in [-0.1, -0.05) is 110 Å². The highest BCUT2D eigenvalue weighted by molar-refractivity contribution is 6.30. The van der Waals surface area contributed by atoms with E-state index in [1.807, 2.05) is 91.9 Å². The van der Waals surface area contributed by atoms with Gasteiger partial charge in [0.1, 0.15) is 66.5 Å². The molecule has 15 aromatic rings. The van der Waals surface area contributed by atoms with E-state index in [-0.39, 0.29) is 82.9 Å². The van der Waals surface area contributed by atoms with Crippen LogP contribution >= 0.6 is 23.2 Å². The number of hydrogen-bond donors (Lipinski definition) is 0. The number of para-hydroxylation sites is 5. The van der Waals surface area contributed by atoms with Crippen molar-refractivity contribution >= 4 is 23.2 Å². The average Bonchev–Trinajstić information content (AvgIpc) is 1.43. The lowest BCUT2D eigenvalue weighted by molar-refractivity contribution is 0.357. The van der Waals surface area contributed by atoms with Crippen LogP contribution in [0.15, 0.2) is 223 Å². The molecule has 0 atom stereocenters. The van der Waals surface area contributed by atoms with E-state index in [1.165, 1.54) is 57.9 Å². The molecule has 0 amide bonds. The molecule has 35 nitrogen and oxygen atoms in total. The van der Waals surface area contributed by atoms with Gasteiger partial charge in [0.05, 0.1) is 87.0 Å². The van der Waals surface area contributed by atoms with Crippen molar-refractivity contribution in [3.8, 4) is 85.7 Å². The number of halogens is 4. The first-order valence-electron chi connectivity index (χ1n) is 32.5. The molecule has 15 rings (SSSR count). The van der Waals surface area contributed by atoms with E-state index in [0.717, 1.165) is 21.4 Å². The SMILES string of the molecule is COc1ccccc1-c1noc(Cn2ncc(C)c(C)c2=O)n1.COc1ccccc1-c1noc(Cn2ncc(Cl)cc2=O)n1.COc1ccccc1-c1noc(Cn2ncc(F)c(F)c2=O)n1.COc1ccccc1-c1noc(Cn2nccc(Cl)c2=O)n1.COc1ccccc1-c1noc(Cn2ncccc2=O)n1. The number of methoxy groups -OCH3 is 5. The molecule has 0 spiro atoms. The van der Waals surface area contributed by atoms with Crippen molar-refractivity contribution < 1.29 is 55.1 Å². The Balaban J connectivity index is 0.000000137. The third-order valence-electron chi connectivity index (χ3n) is 15.5. The lowest BCUT2D eigenvalue weighted by atomic mass is 10.2. The summed E-state index contributed by atoms with van der Waals surface area (Å²) >= 11 is 11.5. The van der Waals surface area contributed by atoms with Crippen molar-refractivity contribution in [3.63, 3.8) is 0 Å². The first-order chi connectivity index (χ1) is 53.8. The largest absolute Gasteiger partial charge is 0.496 e. The Morgan fingerprint density at radius 3 is 1.05 bits per heavy atom. The Labute approximate surface area is 633 Å². The first kappa shape index (κ1) is 77.7. The van der Waals surface area contributed by atoms with Gasteiger partial charge in [-0.25, -0.2) is 27.8 Å². The summed E-state index contributed by atoms with van der Waals surface area (Å²) in [5, 5.41) is 39.2. The van der Waals surface area contributed by atoms with Crippen LogP contribution in [0.3, 0.4) is 0 Å². The second-order valence-corrected chi connectivity index (χ2v) is 23.4. The van der Waals surface area contributed by atoms with E-state index < -0.39 is 22.8 Å². The molecule has 0 aliphatic rings. The highest BCUT2D eigenvalue weighted by atomic mass is 35.5. The monoisotopic (exact) mass is 1550 g/mol. The summed E-state index contributed by atoms with van der Waals surface area (Å²) < 4.78 is 83.7. The molecule has 0 saturated heterocycles. The van der Waals surface area contributed by atoms with E-state index in [4.69, 9.17) is 69.5 Å². The maximum absolute atomic E-state index is 13.2. The van der Waals surface area contributed by atoms with Crippen molar-refractivity contribution in [3.05, 3.63) is 291 Å². The highest BCUT2D eigenvalue weighted by Gasteiger charge is 2.21. The second-order valence-electron chi connectivity index (χ2n) is 22.6. The number of aryl methyl sites for hydroxylation is 1. The van der Waals surface area contributed by atoms with Crippen LogP contribution in [0.5, 0.6) is 28.7 Å². The number of nitrogens with zero attached hydrogens (tertiary/aromatic N) is 20. The minimum absolute atomic E-state index is 0.0199. The number of aromatic nitrogens is 20. The van der Waals surface area contributed by atoms with Crippen molar-refractivity contribution in [1.82, 2.24) is 99.6 Å². The maximum atomic E-state index is 13.2. The zero-order valence-corrected chi connectivity index (χ0v) is 60.9. The standard InChI is InChI=1S/C16H16N4O3.2C14H11ClN4O3.C14H10F2N4O3.C14H12N4O3/c1-10-8-17-20(16(21)11(10)2)9-14-18-15(19-23-14)12-6-4-5-7-13(12)22-3;1-21-11-5-3-2-4-10(11)14-17-12(22-18-14)8-19-13(20)6-9(15)7-16-19;1-21-11-5-3-2-4-9(11)13-17-12(22-18-13)8-19-14(20)10(15)6-7-16-19;1-22-10-5-3-2-4-8(10)13-18-11(23-19-13)7-20-14(21)12(16)9(15)6-17-20;1-20-11-6-3-2-5-10(11)14-16-12(21-17-14)9-18-13(19)7-4-8-15-18/h4-8H,9H2,1-3H3;2*2-7H,8H2,1H3;2-6H,7H2,1H3;2-8H,9H2,1H3. The molecule has 10 heterocycles. The summed E-state index contributed by atoms with van der Waals surface area (Å²) in [6, 6.07) is 42.1. The van der Waals surface area contributed by atoms with Gasteiger partial charge in [0, 0.05) is 30.1 Å². The van der Waals surface area contributed by atoms with Gasteiger partial charge in [-0.05, 0) is 92.2 Å². The molecule has 10 aromatic heterocycles. The van der Waals surface area contributed by atoms with Crippen molar-refractivity contribution in [2.75, 3.05) is 35.5 Å². The zero-order chi connectivity index (χ0) is 78.5. The molecular weight excluding hydrogens is 1490 g/mol. The lowest BCUT2D eigenvalue weighted by Gasteiger charge is -2.04. The Morgan fingerprint density at radius 1 is 0.360 bits per heavy atom. The first-order valence-corrected chi connectivity index (χ1v) is 33.3. The van der Waals surface area contributed by atoms with E-state index in [2.05, 4.69) is 76.2 Å². The highest BCUT2D eigenvalue weighted by Crippen LogP contribution is 2.32. The smallest absolute Gasteiger partial charge is 0.306 e. The summed E-state index contributed by atoms with van der Waals surface area (Å²) in [4.78, 5) is 80.0. The molecule has 0 N–H and O–H groups in total. The Morgan fingerprint density at radius 2 is 0.685 bits per heavy atom. The predicted octanol–water partition coefficient (Wildman–Crippen LogP) is 8.95. The fraction of sp³-hybridized carbons (Fsp3) is 0.167. The normalized spacial score (nSPS) is 10.7. The lowest BCUT2D eigenvalue weighted by Crippen LogP contribution is -2.27. The average molecular weight is 1550 g/mol. The van der Waals surface area contributed by atoms with Gasteiger partial charge in [-0.3, -0.25) is 24.0 Å². The summed E-state index contributed by atoms with van der Waals surface area (Å²) in [6.07, 6.45) is 6.59. The molecule has 0 aliphatic heterocycles. The summed E-state index contributed by atoms with van der Waals surface area (Å²) in [5.41, 5.74) is 2.60. The Hall–Kier alpha value is -14.4. The molecule has 39 heteroatoms. The number of rotatable bonds is 20. The van der Waals surface area contributed by atoms with E-state index >= 15 is 0 Å². The third kappa shape index (κ3) is 19.5. The molecule has 0 bridgehead atoms. The van der Waals surface area contributed by atoms with Gasteiger partial charge in [0.25, 0.3) is 22.2 Å². The van der Waals surface area contributed by atoms with Crippen LogP contribution in [-0.4, -0.2) is 135 Å². The Kier molecular flexibility index (Phi) is 25.7. The molecule has 0 aliphatic carbocycles. The van der Waals surface area contributed by atoms with Gasteiger partial charge in [0.2, 0.25) is 64.4 Å². The third-order valence-corrected chi connectivity index (χ3v) is 16.0. The van der Waals surface area contributed by atoms with Crippen LogP contribution in [0.2, 0.25) is 10.0 Å². The molecular formula is C72H60Cl2F2N20O15. The van der Waals surface area contributed by atoms with Crippen LogP contribution < -0.4 is 51.5 Å². The van der Waals surface area contributed by atoms with Crippen molar-refractivity contribution in [2.45, 2.75) is 46.6 Å². The van der Waals surface area contributed by atoms with E-state index in [1.54, 1.807) is 84.0 Å². The number of hydrogen-bond acceptors (Lipinski definition) is 30. The van der Waals surface area contributed by atoms with Gasteiger partial charge in [-0.2, -0.15) is 54.8 Å². The molecule has 0 saturated carbocycles. The van der Waals surface area contributed by atoms with Gasteiger partial charge >= 0.3 is 5.56 Å². The maximum Gasteiger partial charge on any atom is 0.306 e. The number of benzene rings is 5. The topological polar surface area (TPSA) is 415 Å². The van der Waals surface area contributed by atoms with E-state index in [0.29, 0.717) is 97.0 Å². The fourth-order valence-electron chi connectivity index (χ4n) is 9.84. The van der Waals surface area contributed by atoms with Gasteiger partial charge in [0.15, 0.2) is 5.82 Å². The molecule has 0 unspecified atom stereocenters. The fourth-order valence-corrected chi connectivity index (χ4v) is 10.1. The van der Waals surface area contributed by atoms with Crippen LogP contribution in [-0.2, 0) is 32.7 Å². The molecule has 0 fully saturated rings. The van der Waals surface area contributed by atoms with Crippen LogP contribution in [0.1, 0.15) is 40.6 Å². The molecule has 0 radical (unpaired) electrons. The number of ether oxygens (including phenoxy) is 5. The predicted molar refractivity (Wildman–Crippen MR) is 389 cm³/mol. The summed E-state index contributed by atoms with van der Waals surface area (Å²) in [5.74, 6) is 3.26. The second kappa shape index (κ2) is 36.8. The summed E-state index contributed by atoms with van der Waals surface area (Å²) in [6.45, 7) is 3.70. The van der Waals surface area contributed by atoms with Crippen LogP contribution in [0.4, 0.5) is 8.78 Å².